The predicted molar refractivity (Wildman–Crippen MR) is 124 cm³/mol. The Morgan fingerprint density at radius 3 is 2.85 bits per heavy atom. The van der Waals surface area contributed by atoms with Crippen LogP contribution in [0, 0.1) is 0 Å². The second kappa shape index (κ2) is 8.85. The molecule has 0 fully saturated rings. The quantitative estimate of drug-likeness (QED) is 0.633. The first kappa shape index (κ1) is 22.0. The van der Waals surface area contributed by atoms with Gasteiger partial charge in [0.1, 0.15) is 23.0 Å². The van der Waals surface area contributed by atoms with Crippen molar-refractivity contribution in [1.29, 1.82) is 0 Å². The first-order valence-electron chi connectivity index (χ1n) is 11.5. The van der Waals surface area contributed by atoms with Crippen LogP contribution in [0.15, 0.2) is 30.5 Å². The number of ether oxygens (including phenoxy) is 1. The number of fused-ring (bicyclic) bond motifs is 2. The first-order chi connectivity index (χ1) is 16.4. The summed E-state index contributed by atoms with van der Waals surface area (Å²) in [6.07, 6.45) is 3.78. The summed E-state index contributed by atoms with van der Waals surface area (Å²) in [6.45, 7) is 6.73. The molecule has 10 heteroatoms. The van der Waals surface area contributed by atoms with Crippen molar-refractivity contribution in [3.63, 3.8) is 0 Å². The van der Waals surface area contributed by atoms with Crippen molar-refractivity contribution in [2.24, 2.45) is 0 Å². The van der Waals surface area contributed by atoms with Crippen molar-refractivity contribution in [2.45, 2.75) is 58.7 Å². The highest BCUT2D eigenvalue weighted by Crippen LogP contribution is 2.30. The van der Waals surface area contributed by atoms with Crippen LogP contribution in [0.5, 0.6) is 0 Å². The van der Waals surface area contributed by atoms with E-state index >= 15 is 0 Å². The van der Waals surface area contributed by atoms with E-state index in [0.717, 1.165) is 29.8 Å². The number of carbonyl (C=O) groups excluding carboxylic acids is 2. The largest absolute Gasteiger partial charge is 0.447 e. The minimum Gasteiger partial charge on any atom is -0.447 e. The number of hydrogen-bond donors (Lipinski definition) is 1. The standard InChI is InChI=1S/C24H27N7O3/c1-14(2)34-24(33)30-10-9-16-12-25-19(11-17(16)13-30)23(32)27-20-6-4-5-18(26-20)22-29-28-21-8-7-15(3)31(21)22/h4-6,11-12,14-15H,7-10,13H2,1-3H3,(H,26,27,32)/t15-/m0/s1. The second-order valence-electron chi connectivity index (χ2n) is 9.00. The zero-order chi connectivity index (χ0) is 23.8. The number of anilines is 1. The van der Waals surface area contributed by atoms with Crippen LogP contribution in [0.25, 0.3) is 11.5 Å². The van der Waals surface area contributed by atoms with E-state index in [2.05, 4.69) is 37.0 Å². The average molecular weight is 462 g/mol. The third-order valence-corrected chi connectivity index (χ3v) is 6.14. The molecule has 0 unspecified atom stereocenters. The smallest absolute Gasteiger partial charge is 0.410 e. The summed E-state index contributed by atoms with van der Waals surface area (Å²) >= 11 is 0. The summed E-state index contributed by atoms with van der Waals surface area (Å²) in [4.78, 5) is 35.8. The maximum absolute atomic E-state index is 12.9. The molecule has 5 heterocycles. The lowest BCUT2D eigenvalue weighted by Gasteiger charge is -2.28. The van der Waals surface area contributed by atoms with Gasteiger partial charge in [-0.15, -0.1) is 10.2 Å². The van der Waals surface area contributed by atoms with E-state index in [9.17, 15) is 9.59 Å². The molecule has 0 saturated carbocycles. The predicted octanol–water partition coefficient (Wildman–Crippen LogP) is 3.40. The van der Waals surface area contributed by atoms with Crippen LogP contribution in [0.4, 0.5) is 10.6 Å². The van der Waals surface area contributed by atoms with E-state index < -0.39 is 0 Å². The van der Waals surface area contributed by atoms with Crippen LogP contribution in [-0.4, -0.2) is 54.3 Å². The minimum atomic E-state index is -0.367. The molecular formula is C24H27N7O3. The highest BCUT2D eigenvalue weighted by Gasteiger charge is 2.26. The maximum Gasteiger partial charge on any atom is 0.410 e. The average Bonchev–Trinajstić information content (AvgIpc) is 3.41. The molecule has 10 nitrogen and oxygen atoms in total. The fourth-order valence-corrected chi connectivity index (χ4v) is 4.40. The molecule has 5 rings (SSSR count). The number of amides is 2. The Morgan fingerprint density at radius 1 is 1.18 bits per heavy atom. The number of rotatable bonds is 4. The Balaban J connectivity index is 1.32. The van der Waals surface area contributed by atoms with Crippen LogP contribution < -0.4 is 5.32 Å². The van der Waals surface area contributed by atoms with Crippen LogP contribution in [0.1, 0.15) is 60.7 Å². The molecule has 2 amide bonds. The van der Waals surface area contributed by atoms with Crippen LogP contribution >= 0.6 is 0 Å². The Kier molecular flexibility index (Phi) is 5.72. The number of nitrogens with one attached hydrogen (secondary N) is 1. The van der Waals surface area contributed by atoms with Crippen molar-refractivity contribution in [3.05, 3.63) is 53.1 Å². The number of pyridine rings is 2. The summed E-state index contributed by atoms with van der Waals surface area (Å²) in [5, 5.41) is 11.4. The van der Waals surface area contributed by atoms with Crippen molar-refractivity contribution in [3.8, 4) is 11.5 Å². The van der Waals surface area contributed by atoms with Crippen LogP contribution in [-0.2, 0) is 24.1 Å². The minimum absolute atomic E-state index is 0.182. The molecule has 2 aliphatic heterocycles. The van der Waals surface area contributed by atoms with Crippen LogP contribution in [0.3, 0.4) is 0 Å². The van der Waals surface area contributed by atoms with Gasteiger partial charge in [0.25, 0.3) is 5.91 Å². The summed E-state index contributed by atoms with van der Waals surface area (Å²) in [5.74, 6) is 1.71. The summed E-state index contributed by atoms with van der Waals surface area (Å²) in [5.41, 5.74) is 2.84. The molecule has 3 aromatic rings. The molecule has 1 N–H and O–H groups in total. The highest BCUT2D eigenvalue weighted by molar-refractivity contribution is 6.02. The summed E-state index contributed by atoms with van der Waals surface area (Å²) < 4.78 is 7.42. The fraction of sp³-hybridized carbons (Fsp3) is 0.417. The SMILES string of the molecule is CC(C)OC(=O)N1CCc2cnc(C(=O)Nc3cccc(-c4nnc5n4[C@@H](C)CC5)n3)cc2C1. The zero-order valence-electron chi connectivity index (χ0n) is 19.5. The number of carbonyl (C=O) groups is 2. The van der Waals surface area contributed by atoms with E-state index in [4.69, 9.17) is 4.74 Å². The molecule has 3 aromatic heterocycles. The molecule has 0 spiro atoms. The van der Waals surface area contributed by atoms with Gasteiger partial charge < -0.3 is 19.5 Å². The third kappa shape index (κ3) is 4.23. The van der Waals surface area contributed by atoms with Crippen molar-refractivity contribution in [1.82, 2.24) is 29.6 Å². The van der Waals surface area contributed by atoms with Crippen molar-refractivity contribution < 1.29 is 14.3 Å². The van der Waals surface area contributed by atoms with E-state index in [1.165, 1.54) is 0 Å². The van der Waals surface area contributed by atoms with Crippen LogP contribution in [0.2, 0.25) is 0 Å². The third-order valence-electron chi connectivity index (χ3n) is 6.14. The molecule has 176 valence electrons. The lowest BCUT2D eigenvalue weighted by Crippen LogP contribution is -2.37. The van der Waals surface area contributed by atoms with Gasteiger partial charge in [-0.05, 0) is 62.9 Å². The molecule has 0 saturated heterocycles. The lowest BCUT2D eigenvalue weighted by molar-refractivity contribution is 0.0729. The molecule has 0 aromatic carbocycles. The Labute approximate surface area is 197 Å². The van der Waals surface area contributed by atoms with E-state index in [0.29, 0.717) is 42.9 Å². The van der Waals surface area contributed by atoms with Gasteiger partial charge in [0.15, 0.2) is 5.82 Å². The van der Waals surface area contributed by atoms with Gasteiger partial charge in [0.2, 0.25) is 0 Å². The number of aryl methyl sites for hydroxylation is 1. The topological polar surface area (TPSA) is 115 Å². The molecular weight excluding hydrogens is 434 g/mol. The highest BCUT2D eigenvalue weighted by atomic mass is 16.6. The summed E-state index contributed by atoms with van der Waals surface area (Å²) in [7, 11) is 0. The Bertz CT molecular complexity index is 1250. The molecule has 0 aliphatic carbocycles. The van der Waals surface area contributed by atoms with Gasteiger partial charge in [-0.25, -0.2) is 9.78 Å². The monoisotopic (exact) mass is 461 g/mol. The Morgan fingerprint density at radius 2 is 2.03 bits per heavy atom. The normalized spacial score (nSPS) is 16.8. The van der Waals surface area contributed by atoms with Gasteiger partial charge >= 0.3 is 6.09 Å². The molecule has 1 atom stereocenters. The maximum atomic E-state index is 12.9. The van der Waals surface area contributed by atoms with Gasteiger partial charge in [-0.1, -0.05) is 6.07 Å². The molecule has 34 heavy (non-hydrogen) atoms. The second-order valence-corrected chi connectivity index (χ2v) is 9.00. The number of nitrogens with zero attached hydrogens (tertiary/aromatic N) is 6. The van der Waals surface area contributed by atoms with Crippen molar-refractivity contribution in [2.75, 3.05) is 11.9 Å². The van der Waals surface area contributed by atoms with Gasteiger partial charge in [-0.3, -0.25) is 9.78 Å². The first-order valence-corrected chi connectivity index (χ1v) is 11.5. The Hall–Kier alpha value is -3.82. The fourth-order valence-electron chi connectivity index (χ4n) is 4.40. The molecule has 2 aliphatic rings. The zero-order valence-corrected chi connectivity index (χ0v) is 19.5. The van der Waals surface area contributed by atoms with Gasteiger partial charge in [0.05, 0.1) is 6.10 Å². The van der Waals surface area contributed by atoms with E-state index in [-0.39, 0.29) is 23.8 Å². The van der Waals surface area contributed by atoms with E-state index in [1.807, 2.05) is 26.0 Å². The summed E-state index contributed by atoms with van der Waals surface area (Å²) in [6, 6.07) is 7.47. The van der Waals surface area contributed by atoms with Gasteiger partial charge in [0, 0.05) is 31.7 Å². The number of hydrogen-bond acceptors (Lipinski definition) is 7. The molecule has 0 radical (unpaired) electrons. The van der Waals surface area contributed by atoms with Gasteiger partial charge in [-0.2, -0.15) is 0 Å². The van der Waals surface area contributed by atoms with Crippen molar-refractivity contribution >= 4 is 17.8 Å². The lowest BCUT2D eigenvalue weighted by atomic mass is 10.0. The number of aromatic nitrogens is 5. The van der Waals surface area contributed by atoms with E-state index in [1.54, 1.807) is 23.2 Å². The molecule has 0 bridgehead atoms.